The van der Waals surface area contributed by atoms with Crippen molar-refractivity contribution in [3.63, 3.8) is 0 Å². The average Bonchev–Trinajstić information content (AvgIpc) is 2.52. The van der Waals surface area contributed by atoms with E-state index in [1.807, 2.05) is 6.92 Å². The number of nitrogens with zero attached hydrogens (tertiary/aromatic N) is 1. The Labute approximate surface area is 115 Å². The molecule has 0 spiro atoms. The second-order valence-corrected chi connectivity index (χ2v) is 8.62. The van der Waals surface area contributed by atoms with Crippen LogP contribution in [0.15, 0.2) is 0 Å². The molecule has 0 saturated carbocycles. The van der Waals surface area contributed by atoms with Crippen molar-refractivity contribution in [2.45, 2.75) is 38.6 Å². The summed E-state index contributed by atoms with van der Waals surface area (Å²) in [6.45, 7) is 6.35. The van der Waals surface area contributed by atoms with Gasteiger partial charge in [-0.25, -0.2) is 8.42 Å². The lowest BCUT2D eigenvalue weighted by molar-refractivity contribution is -0.124. The van der Waals surface area contributed by atoms with Gasteiger partial charge in [-0.1, -0.05) is 6.92 Å². The Kier molecular flexibility index (Phi) is 4.20. The molecule has 0 aromatic heterocycles. The second-order valence-electron chi connectivity index (χ2n) is 6.43. The number of piperidine rings is 1. The van der Waals surface area contributed by atoms with Crippen LogP contribution in [0.2, 0.25) is 0 Å². The highest BCUT2D eigenvalue weighted by molar-refractivity contribution is 7.91. The number of likely N-dealkylation sites (tertiary alicyclic amines) is 1. The molecule has 0 aromatic rings. The number of carbonyl (C=O) groups is 1. The van der Waals surface area contributed by atoms with Crippen LogP contribution in [0.1, 0.15) is 33.1 Å². The fourth-order valence-electron chi connectivity index (χ4n) is 3.12. The number of hydrogen-bond donors (Lipinski definition) is 1. The number of hydrogen-bond acceptors (Lipinski definition) is 4. The maximum Gasteiger partial charge on any atom is 0.234 e. The summed E-state index contributed by atoms with van der Waals surface area (Å²) in [6, 6.07) is 0. The normalized spacial score (nSPS) is 35.2. The summed E-state index contributed by atoms with van der Waals surface area (Å²) < 4.78 is 23.0. The van der Waals surface area contributed by atoms with Crippen LogP contribution in [0.25, 0.3) is 0 Å². The molecule has 2 atom stereocenters. The van der Waals surface area contributed by atoms with Gasteiger partial charge in [-0.2, -0.15) is 0 Å². The molecule has 0 radical (unpaired) electrons. The second kappa shape index (κ2) is 5.40. The van der Waals surface area contributed by atoms with E-state index in [0.717, 1.165) is 19.5 Å². The van der Waals surface area contributed by atoms with Gasteiger partial charge in [0.05, 0.1) is 23.6 Å². The summed E-state index contributed by atoms with van der Waals surface area (Å²) in [7, 11) is -2.97. The van der Waals surface area contributed by atoms with Crippen LogP contribution in [-0.4, -0.2) is 55.9 Å². The van der Waals surface area contributed by atoms with Gasteiger partial charge < -0.3 is 5.32 Å². The lowest BCUT2D eigenvalue weighted by Crippen LogP contribution is -2.51. The topological polar surface area (TPSA) is 66.5 Å². The molecule has 2 heterocycles. The maximum atomic E-state index is 12.0. The maximum absolute atomic E-state index is 12.0. The van der Waals surface area contributed by atoms with E-state index < -0.39 is 15.4 Å². The number of nitrogens with one attached hydrogen (secondary N) is 1. The molecule has 1 N–H and O–H groups in total. The summed E-state index contributed by atoms with van der Waals surface area (Å²) in [5, 5.41) is 2.91. The number of rotatable bonds is 3. The van der Waals surface area contributed by atoms with E-state index in [-0.39, 0.29) is 17.4 Å². The third kappa shape index (κ3) is 4.18. The van der Waals surface area contributed by atoms with E-state index in [1.54, 1.807) is 0 Å². The Morgan fingerprint density at radius 1 is 1.47 bits per heavy atom. The lowest BCUT2D eigenvalue weighted by Gasteiger charge is -2.32. The number of sulfone groups is 1. The minimum Gasteiger partial charge on any atom is -0.349 e. The molecule has 1 amide bonds. The monoisotopic (exact) mass is 288 g/mol. The first-order valence-electron chi connectivity index (χ1n) is 7.02. The first-order chi connectivity index (χ1) is 8.78. The van der Waals surface area contributed by atoms with Crippen LogP contribution in [0.5, 0.6) is 0 Å². The molecule has 5 nitrogen and oxygen atoms in total. The SMILES string of the molecule is CC1CCCN(CC(=O)NC2(C)CCS(=O)(=O)C2)C1. The van der Waals surface area contributed by atoms with Gasteiger partial charge >= 0.3 is 0 Å². The van der Waals surface area contributed by atoms with Crippen LogP contribution < -0.4 is 5.32 Å². The Bertz CT molecular complexity index is 449. The van der Waals surface area contributed by atoms with Crippen molar-refractivity contribution in [3.8, 4) is 0 Å². The summed E-state index contributed by atoms with van der Waals surface area (Å²) >= 11 is 0. The van der Waals surface area contributed by atoms with Crippen molar-refractivity contribution in [2.24, 2.45) is 5.92 Å². The standard InChI is InChI=1S/C13H24N2O3S/c1-11-4-3-6-15(8-11)9-12(16)14-13(2)5-7-19(17,18)10-13/h11H,3-10H2,1-2H3,(H,14,16). The van der Waals surface area contributed by atoms with Crippen LogP contribution >= 0.6 is 0 Å². The molecule has 0 bridgehead atoms. The molecule has 2 aliphatic heterocycles. The average molecular weight is 288 g/mol. The number of amides is 1. The van der Waals surface area contributed by atoms with E-state index in [1.165, 1.54) is 6.42 Å². The smallest absolute Gasteiger partial charge is 0.234 e. The summed E-state index contributed by atoms with van der Waals surface area (Å²) in [6.07, 6.45) is 2.89. The summed E-state index contributed by atoms with van der Waals surface area (Å²) in [5.74, 6) is 0.852. The molecule has 2 fully saturated rings. The minimum absolute atomic E-state index is 0.0475. The van der Waals surface area contributed by atoms with Crippen molar-refractivity contribution in [1.29, 1.82) is 0 Å². The molecule has 2 rings (SSSR count). The van der Waals surface area contributed by atoms with E-state index in [4.69, 9.17) is 0 Å². The summed E-state index contributed by atoms with van der Waals surface area (Å²) in [4.78, 5) is 14.2. The fourth-order valence-corrected chi connectivity index (χ4v) is 5.21. The van der Waals surface area contributed by atoms with Crippen molar-refractivity contribution >= 4 is 15.7 Å². The quantitative estimate of drug-likeness (QED) is 0.817. The van der Waals surface area contributed by atoms with E-state index >= 15 is 0 Å². The third-order valence-corrected chi connectivity index (χ3v) is 5.96. The number of carbonyl (C=O) groups excluding carboxylic acids is 1. The highest BCUT2D eigenvalue weighted by Crippen LogP contribution is 2.23. The zero-order valence-corrected chi connectivity index (χ0v) is 12.6. The first kappa shape index (κ1) is 14.8. The molecule has 0 aliphatic carbocycles. The van der Waals surface area contributed by atoms with E-state index in [0.29, 0.717) is 18.9 Å². The van der Waals surface area contributed by atoms with Crippen molar-refractivity contribution in [1.82, 2.24) is 10.2 Å². The Morgan fingerprint density at radius 2 is 2.21 bits per heavy atom. The van der Waals surface area contributed by atoms with Gasteiger partial charge in [-0.3, -0.25) is 9.69 Å². The largest absolute Gasteiger partial charge is 0.349 e. The molecular weight excluding hydrogens is 264 g/mol. The molecule has 19 heavy (non-hydrogen) atoms. The van der Waals surface area contributed by atoms with Crippen LogP contribution in [0.4, 0.5) is 0 Å². The molecular formula is C13H24N2O3S. The van der Waals surface area contributed by atoms with Gasteiger partial charge in [0.2, 0.25) is 5.91 Å². The van der Waals surface area contributed by atoms with Crippen LogP contribution in [0.3, 0.4) is 0 Å². The lowest BCUT2D eigenvalue weighted by atomic mass is 10.00. The first-order valence-corrected chi connectivity index (χ1v) is 8.84. The van der Waals surface area contributed by atoms with Gasteiger partial charge in [-0.05, 0) is 38.6 Å². The van der Waals surface area contributed by atoms with Gasteiger partial charge in [0.25, 0.3) is 0 Å². The molecule has 2 saturated heterocycles. The zero-order valence-electron chi connectivity index (χ0n) is 11.8. The molecule has 2 unspecified atom stereocenters. The Morgan fingerprint density at radius 3 is 2.79 bits per heavy atom. The Hall–Kier alpha value is -0.620. The molecule has 0 aromatic carbocycles. The third-order valence-electron chi connectivity index (χ3n) is 4.05. The van der Waals surface area contributed by atoms with E-state index in [9.17, 15) is 13.2 Å². The highest BCUT2D eigenvalue weighted by atomic mass is 32.2. The van der Waals surface area contributed by atoms with Crippen LogP contribution in [0, 0.1) is 5.92 Å². The van der Waals surface area contributed by atoms with Gasteiger partial charge in [-0.15, -0.1) is 0 Å². The van der Waals surface area contributed by atoms with Crippen molar-refractivity contribution < 1.29 is 13.2 Å². The minimum atomic E-state index is -2.97. The molecule has 2 aliphatic rings. The van der Waals surface area contributed by atoms with Crippen molar-refractivity contribution in [2.75, 3.05) is 31.1 Å². The zero-order chi connectivity index (χ0) is 14.1. The van der Waals surface area contributed by atoms with Gasteiger partial charge in [0.1, 0.15) is 0 Å². The van der Waals surface area contributed by atoms with Gasteiger partial charge in [0.15, 0.2) is 9.84 Å². The molecule has 110 valence electrons. The molecule has 6 heteroatoms. The predicted molar refractivity (Wildman–Crippen MR) is 74.7 cm³/mol. The predicted octanol–water partition coefficient (Wildman–Crippen LogP) is 0.412. The summed E-state index contributed by atoms with van der Waals surface area (Å²) in [5.41, 5.74) is -0.572. The van der Waals surface area contributed by atoms with Gasteiger partial charge in [0, 0.05) is 6.54 Å². The van der Waals surface area contributed by atoms with Crippen molar-refractivity contribution in [3.05, 3.63) is 0 Å². The fraction of sp³-hybridized carbons (Fsp3) is 0.923. The highest BCUT2D eigenvalue weighted by Gasteiger charge is 2.39. The van der Waals surface area contributed by atoms with E-state index in [2.05, 4.69) is 17.1 Å². The van der Waals surface area contributed by atoms with Crippen LogP contribution in [-0.2, 0) is 14.6 Å². The Balaban J connectivity index is 1.84.